The zero-order valence-electron chi connectivity index (χ0n) is 13.8. The zero-order chi connectivity index (χ0) is 18.3. The first-order valence-corrected chi connectivity index (χ1v) is 7.83. The highest BCUT2D eigenvalue weighted by atomic mass is 16.5. The minimum Gasteiger partial charge on any atom is -0.497 e. The van der Waals surface area contributed by atoms with Crippen LogP contribution in [0.15, 0.2) is 53.3 Å². The summed E-state index contributed by atoms with van der Waals surface area (Å²) in [5.74, 6) is 0.647. The molecule has 6 heteroatoms. The number of ether oxygens (including phenoxy) is 1. The van der Waals surface area contributed by atoms with Crippen molar-refractivity contribution in [3.8, 4) is 29.0 Å². The molecule has 1 N–H and O–H groups in total. The van der Waals surface area contributed by atoms with Crippen molar-refractivity contribution in [1.82, 2.24) is 9.38 Å². The van der Waals surface area contributed by atoms with E-state index in [1.807, 2.05) is 18.2 Å². The van der Waals surface area contributed by atoms with Gasteiger partial charge in [-0.1, -0.05) is 24.3 Å². The van der Waals surface area contributed by atoms with Gasteiger partial charge in [-0.3, -0.25) is 9.20 Å². The first-order chi connectivity index (χ1) is 12.7. The number of fused-ring (bicyclic) bond motifs is 3. The molecule has 26 heavy (non-hydrogen) atoms. The zero-order valence-corrected chi connectivity index (χ0v) is 13.8. The number of para-hydroxylation sites is 2. The van der Waals surface area contributed by atoms with Crippen molar-refractivity contribution < 1.29 is 4.74 Å². The summed E-state index contributed by atoms with van der Waals surface area (Å²) in [5, 5.41) is 19.4. The maximum atomic E-state index is 13.0. The number of aromatic nitrogens is 2. The first kappa shape index (κ1) is 15.5. The lowest BCUT2D eigenvalue weighted by molar-refractivity contribution is 0.415. The highest BCUT2D eigenvalue weighted by molar-refractivity contribution is 5.88. The van der Waals surface area contributed by atoms with Gasteiger partial charge >= 0.3 is 0 Å². The van der Waals surface area contributed by atoms with Crippen LogP contribution >= 0.6 is 0 Å². The molecule has 0 aliphatic carbocycles. The maximum absolute atomic E-state index is 13.0. The number of nitriles is 2. The molecule has 0 saturated carbocycles. The summed E-state index contributed by atoms with van der Waals surface area (Å²) in [4.78, 5) is 16.1. The monoisotopic (exact) mass is 340 g/mol. The minimum absolute atomic E-state index is 0.0611. The molecule has 4 aromatic rings. The highest BCUT2D eigenvalue weighted by Gasteiger charge is 2.22. The van der Waals surface area contributed by atoms with Gasteiger partial charge in [-0.25, -0.2) is 0 Å². The number of nitrogens with zero attached hydrogens (tertiary/aromatic N) is 3. The van der Waals surface area contributed by atoms with E-state index in [2.05, 4.69) is 11.1 Å². The maximum Gasteiger partial charge on any atom is 0.275 e. The van der Waals surface area contributed by atoms with Gasteiger partial charge in [0.1, 0.15) is 34.7 Å². The molecule has 2 heterocycles. The number of hydrogen-bond acceptors (Lipinski definition) is 4. The van der Waals surface area contributed by atoms with Crippen molar-refractivity contribution in [2.45, 2.75) is 0 Å². The molecule has 0 amide bonds. The third-order valence-electron chi connectivity index (χ3n) is 4.38. The molecule has 4 rings (SSSR count). The number of rotatable bonds is 2. The number of nitrogens with one attached hydrogen (secondary N) is 1. The van der Waals surface area contributed by atoms with Gasteiger partial charge < -0.3 is 9.72 Å². The van der Waals surface area contributed by atoms with Gasteiger partial charge in [0.2, 0.25) is 0 Å². The molecular weight excluding hydrogens is 328 g/mol. The molecule has 2 aromatic heterocycles. The van der Waals surface area contributed by atoms with Crippen LogP contribution in [0, 0.1) is 22.7 Å². The fourth-order valence-electron chi connectivity index (χ4n) is 3.18. The van der Waals surface area contributed by atoms with Crippen LogP contribution in [-0.2, 0) is 0 Å². The summed E-state index contributed by atoms with van der Waals surface area (Å²) in [7, 11) is 1.55. The molecule has 0 unspecified atom stereocenters. The van der Waals surface area contributed by atoms with E-state index in [9.17, 15) is 15.3 Å². The number of imidazole rings is 1. The van der Waals surface area contributed by atoms with Gasteiger partial charge in [0.15, 0.2) is 0 Å². The molecule has 2 aromatic carbocycles. The van der Waals surface area contributed by atoms with Crippen molar-refractivity contribution in [3.05, 3.63) is 70.0 Å². The molecule has 6 nitrogen and oxygen atoms in total. The normalized spacial score (nSPS) is 10.6. The first-order valence-electron chi connectivity index (χ1n) is 7.83. The van der Waals surface area contributed by atoms with E-state index in [0.29, 0.717) is 28.0 Å². The van der Waals surface area contributed by atoms with Crippen LogP contribution < -0.4 is 10.3 Å². The van der Waals surface area contributed by atoms with E-state index in [0.717, 1.165) is 5.52 Å². The lowest BCUT2D eigenvalue weighted by atomic mass is 9.97. The molecule has 0 spiro atoms. The Bertz CT molecular complexity index is 1300. The quantitative estimate of drug-likeness (QED) is 0.606. The Morgan fingerprint density at radius 2 is 1.69 bits per heavy atom. The Labute approximate surface area is 148 Å². The molecule has 0 fully saturated rings. The summed E-state index contributed by atoms with van der Waals surface area (Å²) in [5.41, 5.74) is 2.40. The molecular formula is C20H12N4O2. The molecule has 0 aliphatic rings. The average molecular weight is 340 g/mol. The summed E-state index contributed by atoms with van der Waals surface area (Å²) in [6.07, 6.45) is 0. The number of pyridine rings is 1. The fourth-order valence-corrected chi connectivity index (χ4v) is 3.18. The number of benzene rings is 2. The van der Waals surface area contributed by atoms with Crippen LogP contribution in [-0.4, -0.2) is 16.5 Å². The van der Waals surface area contributed by atoms with Gasteiger partial charge in [0.25, 0.3) is 5.56 Å². The Morgan fingerprint density at radius 1 is 1.00 bits per heavy atom. The van der Waals surface area contributed by atoms with Crippen molar-refractivity contribution in [1.29, 1.82) is 10.5 Å². The van der Waals surface area contributed by atoms with Gasteiger partial charge in [0.05, 0.1) is 18.1 Å². The molecule has 124 valence electrons. The fraction of sp³-hybridized carbons (Fsp3) is 0.0500. The van der Waals surface area contributed by atoms with Crippen LogP contribution in [0.4, 0.5) is 0 Å². The predicted octanol–water partition coefficient (Wildman–Crippen LogP) is 3.20. The number of H-pyrrole nitrogens is 1. The molecule has 0 radical (unpaired) electrons. The third-order valence-corrected chi connectivity index (χ3v) is 4.38. The Morgan fingerprint density at radius 3 is 2.35 bits per heavy atom. The number of aromatic amines is 1. The van der Waals surface area contributed by atoms with E-state index in [4.69, 9.17) is 4.74 Å². The molecule has 0 aliphatic heterocycles. The van der Waals surface area contributed by atoms with Crippen molar-refractivity contribution in [2.75, 3.05) is 7.11 Å². The number of hydrogen-bond donors (Lipinski definition) is 1. The van der Waals surface area contributed by atoms with Crippen molar-refractivity contribution in [2.24, 2.45) is 0 Å². The van der Waals surface area contributed by atoms with Crippen molar-refractivity contribution in [3.63, 3.8) is 0 Å². The lowest BCUT2D eigenvalue weighted by Crippen LogP contribution is -2.18. The van der Waals surface area contributed by atoms with Gasteiger partial charge in [-0.05, 0) is 29.8 Å². The van der Waals surface area contributed by atoms with Crippen molar-refractivity contribution >= 4 is 16.7 Å². The van der Waals surface area contributed by atoms with E-state index >= 15 is 0 Å². The van der Waals surface area contributed by atoms with E-state index in [-0.39, 0.29) is 11.1 Å². The largest absolute Gasteiger partial charge is 0.497 e. The van der Waals surface area contributed by atoms with Crippen LogP contribution in [0.25, 0.3) is 27.8 Å². The smallest absolute Gasteiger partial charge is 0.275 e. The molecule has 0 saturated heterocycles. The summed E-state index contributed by atoms with van der Waals surface area (Å²) >= 11 is 0. The highest BCUT2D eigenvalue weighted by Crippen LogP contribution is 2.30. The standard InChI is InChI=1S/C20H12N4O2/c1-26-13-8-6-12(7-9-13)18-14(10-21)19-23-16-4-2-3-5-17(16)24(19)20(25)15(18)11-22/h2-9,23H,1H3. The second kappa shape index (κ2) is 5.80. The van der Waals surface area contributed by atoms with Gasteiger partial charge in [0, 0.05) is 5.56 Å². The van der Waals surface area contributed by atoms with Gasteiger partial charge in [-0.2, -0.15) is 10.5 Å². The summed E-state index contributed by atoms with van der Waals surface area (Å²) < 4.78 is 6.54. The van der Waals surface area contributed by atoms with Gasteiger partial charge in [-0.15, -0.1) is 0 Å². The lowest BCUT2D eigenvalue weighted by Gasteiger charge is -2.09. The SMILES string of the molecule is COc1ccc(-c2c(C#N)c(=O)n3c([nH]c4ccccc43)c2C#N)cc1. The van der Waals surface area contributed by atoms with E-state index in [1.54, 1.807) is 43.5 Å². The number of methoxy groups -OCH3 is 1. The van der Waals surface area contributed by atoms with E-state index < -0.39 is 5.56 Å². The summed E-state index contributed by atoms with van der Waals surface area (Å²) in [6, 6.07) is 18.3. The topological polar surface area (TPSA) is 94.1 Å². The van der Waals surface area contributed by atoms with Crippen LogP contribution in [0.5, 0.6) is 5.75 Å². The van der Waals surface area contributed by atoms with Crippen LogP contribution in [0.2, 0.25) is 0 Å². The molecule has 0 atom stereocenters. The third kappa shape index (κ3) is 2.07. The molecule has 0 bridgehead atoms. The Balaban J connectivity index is 2.19. The second-order valence-electron chi connectivity index (χ2n) is 5.71. The minimum atomic E-state index is -0.454. The second-order valence-corrected chi connectivity index (χ2v) is 5.71. The van der Waals surface area contributed by atoms with Crippen LogP contribution in [0.3, 0.4) is 0 Å². The Hall–Kier alpha value is -4.03. The predicted molar refractivity (Wildman–Crippen MR) is 96.9 cm³/mol. The average Bonchev–Trinajstić information content (AvgIpc) is 3.07. The van der Waals surface area contributed by atoms with E-state index in [1.165, 1.54) is 4.40 Å². The summed E-state index contributed by atoms with van der Waals surface area (Å²) in [6.45, 7) is 0. The van der Waals surface area contributed by atoms with Crippen LogP contribution in [0.1, 0.15) is 11.1 Å². The Kier molecular flexibility index (Phi) is 3.46.